The van der Waals surface area contributed by atoms with Crippen LogP contribution < -0.4 is 10.6 Å². The van der Waals surface area contributed by atoms with Crippen molar-refractivity contribution in [1.29, 1.82) is 0 Å². The second-order valence-electron chi connectivity index (χ2n) is 5.06. The lowest BCUT2D eigenvalue weighted by Gasteiger charge is -2.24. The van der Waals surface area contributed by atoms with Crippen LogP contribution >= 0.6 is 0 Å². The average Bonchev–Trinajstić information content (AvgIpc) is 2.45. The summed E-state index contributed by atoms with van der Waals surface area (Å²) in [6, 6.07) is 2.78. The van der Waals surface area contributed by atoms with Crippen molar-refractivity contribution in [2.24, 2.45) is 5.92 Å². The minimum Gasteiger partial charge on any atom is -0.384 e. The molecule has 0 atom stereocenters. The van der Waals surface area contributed by atoms with Gasteiger partial charge < -0.3 is 10.6 Å². The lowest BCUT2D eigenvalue weighted by atomic mass is 9.98. The zero-order valence-electron chi connectivity index (χ0n) is 11.2. The lowest BCUT2D eigenvalue weighted by Crippen LogP contribution is -2.31. The average molecular weight is 303 g/mol. The standard InChI is InChI=1S/C13H16F3N3O2/c14-13(15,16)11-7-10(19(20)21)1-2-12(11)18-8-9-3-5-17-6-4-9/h1-2,7,9,17-18H,3-6,8H2. The zero-order chi connectivity index (χ0) is 15.5. The van der Waals surface area contributed by atoms with E-state index < -0.39 is 22.4 Å². The number of piperidine rings is 1. The third-order valence-electron chi connectivity index (χ3n) is 3.56. The first-order chi connectivity index (χ1) is 9.88. The van der Waals surface area contributed by atoms with Crippen molar-refractivity contribution >= 4 is 11.4 Å². The zero-order valence-corrected chi connectivity index (χ0v) is 11.2. The Morgan fingerprint density at radius 1 is 1.33 bits per heavy atom. The van der Waals surface area contributed by atoms with Gasteiger partial charge in [0.05, 0.1) is 10.5 Å². The molecule has 116 valence electrons. The number of nitrogens with zero attached hydrogens (tertiary/aromatic N) is 1. The number of hydrogen-bond acceptors (Lipinski definition) is 4. The maximum Gasteiger partial charge on any atom is 0.418 e. The van der Waals surface area contributed by atoms with E-state index in [1.165, 1.54) is 0 Å². The molecule has 1 heterocycles. The Morgan fingerprint density at radius 3 is 2.57 bits per heavy atom. The molecule has 0 saturated carbocycles. The van der Waals surface area contributed by atoms with E-state index in [0.29, 0.717) is 18.5 Å². The van der Waals surface area contributed by atoms with Crippen LogP contribution in [-0.2, 0) is 6.18 Å². The third kappa shape index (κ3) is 4.07. The van der Waals surface area contributed by atoms with E-state index in [1.54, 1.807) is 0 Å². The van der Waals surface area contributed by atoms with Crippen LogP contribution in [0.5, 0.6) is 0 Å². The highest BCUT2D eigenvalue weighted by molar-refractivity contribution is 5.57. The number of benzene rings is 1. The smallest absolute Gasteiger partial charge is 0.384 e. The van der Waals surface area contributed by atoms with Gasteiger partial charge in [-0.1, -0.05) is 0 Å². The van der Waals surface area contributed by atoms with Gasteiger partial charge in [0, 0.05) is 24.4 Å². The maximum absolute atomic E-state index is 13.0. The Balaban J connectivity index is 2.15. The highest BCUT2D eigenvalue weighted by Gasteiger charge is 2.35. The number of nitro benzene ring substituents is 1. The molecule has 5 nitrogen and oxygen atoms in total. The summed E-state index contributed by atoms with van der Waals surface area (Å²) in [6.07, 6.45) is -2.81. The van der Waals surface area contributed by atoms with Crippen LogP contribution in [0.15, 0.2) is 18.2 Å². The fraction of sp³-hybridized carbons (Fsp3) is 0.538. The van der Waals surface area contributed by atoms with Crippen molar-refractivity contribution in [2.75, 3.05) is 25.0 Å². The molecule has 0 bridgehead atoms. The summed E-state index contributed by atoms with van der Waals surface area (Å²) in [4.78, 5) is 9.78. The van der Waals surface area contributed by atoms with E-state index in [4.69, 9.17) is 0 Å². The molecule has 1 aromatic carbocycles. The van der Waals surface area contributed by atoms with E-state index >= 15 is 0 Å². The fourth-order valence-corrected chi connectivity index (χ4v) is 2.37. The lowest BCUT2D eigenvalue weighted by molar-refractivity contribution is -0.385. The number of halogens is 3. The first kappa shape index (κ1) is 15.6. The van der Waals surface area contributed by atoms with Crippen molar-refractivity contribution in [3.63, 3.8) is 0 Å². The van der Waals surface area contributed by atoms with Crippen molar-refractivity contribution in [2.45, 2.75) is 19.0 Å². The molecule has 0 aliphatic carbocycles. The topological polar surface area (TPSA) is 67.2 Å². The highest BCUT2D eigenvalue weighted by atomic mass is 19.4. The molecule has 2 rings (SSSR count). The predicted molar refractivity (Wildman–Crippen MR) is 72.2 cm³/mol. The van der Waals surface area contributed by atoms with Crippen LogP contribution in [-0.4, -0.2) is 24.6 Å². The Bertz CT molecular complexity index is 514. The molecule has 0 unspecified atom stereocenters. The van der Waals surface area contributed by atoms with Crippen LogP contribution in [0, 0.1) is 16.0 Å². The molecular weight excluding hydrogens is 287 g/mol. The molecule has 2 N–H and O–H groups in total. The molecule has 0 radical (unpaired) electrons. The van der Waals surface area contributed by atoms with Gasteiger partial charge in [0.1, 0.15) is 0 Å². The molecule has 21 heavy (non-hydrogen) atoms. The van der Waals surface area contributed by atoms with Crippen LogP contribution in [0.3, 0.4) is 0 Å². The van der Waals surface area contributed by atoms with E-state index in [0.717, 1.165) is 38.1 Å². The van der Waals surface area contributed by atoms with Gasteiger partial charge in [-0.15, -0.1) is 0 Å². The summed E-state index contributed by atoms with van der Waals surface area (Å²) < 4.78 is 39.0. The number of alkyl halides is 3. The van der Waals surface area contributed by atoms with Crippen LogP contribution in [0.2, 0.25) is 0 Å². The molecular formula is C13H16F3N3O2. The summed E-state index contributed by atoms with van der Waals surface area (Å²) in [5.41, 5.74) is -1.66. The summed E-state index contributed by atoms with van der Waals surface area (Å²) in [5, 5.41) is 16.6. The first-order valence-electron chi connectivity index (χ1n) is 6.68. The van der Waals surface area contributed by atoms with Crippen molar-refractivity contribution in [3.05, 3.63) is 33.9 Å². The molecule has 0 amide bonds. The van der Waals surface area contributed by atoms with Crippen LogP contribution in [0.1, 0.15) is 18.4 Å². The number of rotatable bonds is 4. The van der Waals surface area contributed by atoms with Crippen molar-refractivity contribution < 1.29 is 18.1 Å². The van der Waals surface area contributed by atoms with E-state index in [1.807, 2.05) is 0 Å². The van der Waals surface area contributed by atoms with Crippen LogP contribution in [0.25, 0.3) is 0 Å². The van der Waals surface area contributed by atoms with Gasteiger partial charge in [0.15, 0.2) is 0 Å². The first-order valence-corrected chi connectivity index (χ1v) is 6.68. The number of nitrogens with one attached hydrogen (secondary N) is 2. The Hall–Kier alpha value is -1.83. The van der Waals surface area contributed by atoms with E-state index in [2.05, 4.69) is 10.6 Å². The van der Waals surface area contributed by atoms with E-state index in [9.17, 15) is 23.3 Å². The predicted octanol–water partition coefficient (Wildman–Crippen LogP) is 3.03. The van der Waals surface area contributed by atoms with Gasteiger partial charge in [-0.2, -0.15) is 13.2 Å². The molecule has 1 aliphatic rings. The van der Waals surface area contributed by atoms with Gasteiger partial charge in [-0.3, -0.25) is 10.1 Å². The number of anilines is 1. The van der Waals surface area contributed by atoms with Gasteiger partial charge in [0.25, 0.3) is 5.69 Å². The van der Waals surface area contributed by atoms with Gasteiger partial charge in [-0.05, 0) is 37.9 Å². The summed E-state index contributed by atoms with van der Waals surface area (Å²) in [6.45, 7) is 2.15. The molecule has 1 fully saturated rings. The molecule has 1 saturated heterocycles. The second kappa shape index (κ2) is 6.30. The molecule has 0 spiro atoms. The van der Waals surface area contributed by atoms with Gasteiger partial charge in [-0.25, -0.2) is 0 Å². The van der Waals surface area contributed by atoms with E-state index in [-0.39, 0.29) is 5.69 Å². The quantitative estimate of drug-likeness (QED) is 0.663. The Morgan fingerprint density at radius 2 is 2.00 bits per heavy atom. The number of nitro groups is 1. The minimum atomic E-state index is -4.62. The molecule has 1 aliphatic heterocycles. The highest BCUT2D eigenvalue weighted by Crippen LogP contribution is 2.37. The fourth-order valence-electron chi connectivity index (χ4n) is 2.37. The normalized spacial score (nSPS) is 16.7. The summed E-state index contributed by atoms with van der Waals surface area (Å²) in [5.74, 6) is 0.308. The van der Waals surface area contributed by atoms with Gasteiger partial charge >= 0.3 is 6.18 Å². The van der Waals surface area contributed by atoms with Crippen molar-refractivity contribution in [3.8, 4) is 0 Å². The van der Waals surface area contributed by atoms with Gasteiger partial charge in [0.2, 0.25) is 0 Å². The third-order valence-corrected chi connectivity index (χ3v) is 3.56. The minimum absolute atomic E-state index is 0.105. The molecule has 8 heteroatoms. The van der Waals surface area contributed by atoms with Crippen LogP contribution in [0.4, 0.5) is 24.5 Å². The maximum atomic E-state index is 13.0. The largest absolute Gasteiger partial charge is 0.418 e. The molecule has 1 aromatic rings. The summed E-state index contributed by atoms with van der Waals surface area (Å²) in [7, 11) is 0. The Kier molecular flexibility index (Phi) is 4.66. The number of non-ortho nitro benzene ring substituents is 1. The molecule has 0 aromatic heterocycles. The van der Waals surface area contributed by atoms with Crippen molar-refractivity contribution in [1.82, 2.24) is 5.32 Å². The SMILES string of the molecule is O=[N+]([O-])c1ccc(NCC2CCNCC2)c(C(F)(F)F)c1. The number of hydrogen-bond donors (Lipinski definition) is 2. The monoisotopic (exact) mass is 303 g/mol. The Labute approximate surface area is 119 Å². The second-order valence-corrected chi connectivity index (χ2v) is 5.06. The summed E-state index contributed by atoms with van der Waals surface area (Å²) >= 11 is 0.